The molecule has 0 spiro atoms. The Labute approximate surface area is 131 Å². The Morgan fingerprint density at radius 1 is 0.826 bits per heavy atom. The van der Waals surface area contributed by atoms with Crippen molar-refractivity contribution >= 4 is 0 Å². The van der Waals surface area contributed by atoms with Crippen LogP contribution in [-0.2, 0) is 9.47 Å². The summed E-state index contributed by atoms with van der Waals surface area (Å²) in [6.45, 7) is -2.16. The van der Waals surface area contributed by atoms with Gasteiger partial charge in [0.05, 0.1) is 19.8 Å². The molecule has 3 unspecified atom stereocenters. The number of hydrogen-bond acceptors (Lipinski definition) is 11. The third kappa shape index (κ3) is 5.01. The van der Waals surface area contributed by atoms with Crippen LogP contribution in [0.5, 0.6) is 0 Å². The molecule has 0 aromatic rings. The van der Waals surface area contributed by atoms with Crippen molar-refractivity contribution in [2.45, 2.75) is 55.1 Å². The summed E-state index contributed by atoms with van der Waals surface area (Å²) in [5.41, 5.74) is 0. The van der Waals surface area contributed by atoms with Gasteiger partial charge in [0.25, 0.3) is 0 Å². The molecule has 0 radical (unpaired) electrons. The zero-order valence-electron chi connectivity index (χ0n) is 12.2. The van der Waals surface area contributed by atoms with Crippen molar-refractivity contribution < 1.29 is 55.4 Å². The summed E-state index contributed by atoms with van der Waals surface area (Å²) in [7, 11) is 0. The fourth-order valence-corrected chi connectivity index (χ4v) is 2.06. The van der Waals surface area contributed by atoms with Crippen LogP contribution in [0.15, 0.2) is 0 Å². The maximum Gasteiger partial charge on any atom is 0.186 e. The molecule has 1 aliphatic rings. The van der Waals surface area contributed by atoms with Gasteiger partial charge in [-0.05, 0) is 0 Å². The Morgan fingerprint density at radius 2 is 1.39 bits per heavy atom. The Bertz CT molecular complexity index is 341. The highest BCUT2D eigenvalue weighted by Crippen LogP contribution is 2.22. The Hall–Kier alpha value is -0.440. The van der Waals surface area contributed by atoms with E-state index in [1.54, 1.807) is 0 Å². The number of hydrogen-bond donors (Lipinski definition) is 9. The van der Waals surface area contributed by atoms with Crippen molar-refractivity contribution in [3.63, 3.8) is 0 Å². The van der Waals surface area contributed by atoms with Gasteiger partial charge in [-0.3, -0.25) is 0 Å². The molecule has 9 N–H and O–H groups in total. The third-order valence-electron chi connectivity index (χ3n) is 3.61. The van der Waals surface area contributed by atoms with Gasteiger partial charge in [-0.2, -0.15) is 0 Å². The molecule has 9 atom stereocenters. The Kier molecular flexibility index (Phi) is 8.20. The fraction of sp³-hybridized carbons (Fsp3) is 1.00. The van der Waals surface area contributed by atoms with Gasteiger partial charge in [-0.1, -0.05) is 0 Å². The van der Waals surface area contributed by atoms with Gasteiger partial charge in [0.2, 0.25) is 0 Å². The van der Waals surface area contributed by atoms with Gasteiger partial charge in [0.1, 0.15) is 48.8 Å². The maximum absolute atomic E-state index is 9.70. The highest BCUT2D eigenvalue weighted by atomic mass is 16.7. The summed E-state index contributed by atoms with van der Waals surface area (Å²) in [6, 6.07) is 0. The minimum Gasteiger partial charge on any atom is -0.394 e. The minimum absolute atomic E-state index is 0.655. The van der Waals surface area contributed by atoms with E-state index in [2.05, 4.69) is 0 Å². The van der Waals surface area contributed by atoms with E-state index < -0.39 is 74.9 Å². The Balaban J connectivity index is 2.55. The maximum atomic E-state index is 9.70. The molecular formula is C12H24O11. The van der Waals surface area contributed by atoms with Crippen molar-refractivity contribution in [3.05, 3.63) is 0 Å². The zero-order valence-corrected chi connectivity index (χ0v) is 12.2. The topological polar surface area (TPSA) is 201 Å². The highest BCUT2D eigenvalue weighted by Gasteiger charge is 2.44. The monoisotopic (exact) mass is 344 g/mol. The van der Waals surface area contributed by atoms with Crippen LogP contribution in [0.3, 0.4) is 0 Å². The summed E-state index contributed by atoms with van der Waals surface area (Å²) in [5.74, 6) is 0. The molecule has 11 heteroatoms. The van der Waals surface area contributed by atoms with Gasteiger partial charge < -0.3 is 55.4 Å². The van der Waals surface area contributed by atoms with E-state index in [4.69, 9.17) is 19.7 Å². The minimum atomic E-state index is -1.86. The SMILES string of the molecule is OCC1O[C@H](OC[C@@H](O)[C@@H](O)[C@H](O)[C@H](O)CO)C(O)C(O)[C@@H]1O. The fourth-order valence-electron chi connectivity index (χ4n) is 2.06. The van der Waals surface area contributed by atoms with Crippen LogP contribution in [0, 0.1) is 0 Å². The van der Waals surface area contributed by atoms with E-state index in [1.807, 2.05) is 0 Å². The molecular weight excluding hydrogens is 320 g/mol. The van der Waals surface area contributed by atoms with Crippen LogP contribution >= 0.6 is 0 Å². The van der Waals surface area contributed by atoms with Gasteiger partial charge in [0, 0.05) is 0 Å². The first-order valence-electron chi connectivity index (χ1n) is 6.99. The second-order valence-electron chi connectivity index (χ2n) is 5.33. The molecule has 0 aromatic carbocycles. The normalized spacial score (nSPS) is 37.2. The molecule has 1 rings (SSSR count). The van der Waals surface area contributed by atoms with Crippen molar-refractivity contribution in [2.24, 2.45) is 0 Å². The van der Waals surface area contributed by atoms with Crippen LogP contribution < -0.4 is 0 Å². The van der Waals surface area contributed by atoms with Crippen molar-refractivity contribution in [3.8, 4) is 0 Å². The lowest BCUT2D eigenvalue weighted by Gasteiger charge is -2.40. The summed E-state index contributed by atoms with van der Waals surface area (Å²) in [4.78, 5) is 0. The van der Waals surface area contributed by atoms with E-state index in [1.165, 1.54) is 0 Å². The molecule has 23 heavy (non-hydrogen) atoms. The first-order valence-corrected chi connectivity index (χ1v) is 6.99. The predicted molar refractivity (Wildman–Crippen MR) is 70.8 cm³/mol. The van der Waals surface area contributed by atoms with Crippen molar-refractivity contribution in [1.29, 1.82) is 0 Å². The molecule has 1 aliphatic heterocycles. The summed E-state index contributed by atoms with van der Waals surface area (Å²) in [5, 5.41) is 84.4. The van der Waals surface area contributed by atoms with E-state index in [-0.39, 0.29) is 0 Å². The standard InChI is InChI=1S/C12H24O11/c13-1-4(15)7(17)8(18)5(16)3-22-12-11(21)10(20)9(19)6(2-14)23-12/h4-21H,1-3H2/t4-,5-,6?,7-,8-,9-,10?,11?,12+/m1/s1. The first-order chi connectivity index (χ1) is 10.7. The van der Waals surface area contributed by atoms with Gasteiger partial charge in [-0.25, -0.2) is 0 Å². The molecule has 11 nitrogen and oxygen atoms in total. The highest BCUT2D eigenvalue weighted by molar-refractivity contribution is 4.89. The Morgan fingerprint density at radius 3 is 1.91 bits per heavy atom. The van der Waals surface area contributed by atoms with Crippen LogP contribution in [0.4, 0.5) is 0 Å². The van der Waals surface area contributed by atoms with E-state index in [9.17, 15) is 35.7 Å². The average molecular weight is 344 g/mol. The molecule has 1 saturated heterocycles. The smallest absolute Gasteiger partial charge is 0.186 e. The molecule has 0 aliphatic carbocycles. The third-order valence-corrected chi connectivity index (χ3v) is 3.61. The largest absolute Gasteiger partial charge is 0.394 e. The zero-order chi connectivity index (χ0) is 17.7. The van der Waals surface area contributed by atoms with Gasteiger partial charge in [0.15, 0.2) is 6.29 Å². The lowest BCUT2D eigenvalue weighted by Crippen LogP contribution is -2.59. The number of aliphatic hydroxyl groups excluding tert-OH is 9. The van der Waals surface area contributed by atoms with Crippen LogP contribution in [0.25, 0.3) is 0 Å². The molecule has 0 saturated carbocycles. The number of ether oxygens (including phenoxy) is 2. The molecule has 0 amide bonds. The van der Waals surface area contributed by atoms with Crippen LogP contribution in [0.1, 0.15) is 0 Å². The summed E-state index contributed by atoms with van der Waals surface area (Å²) >= 11 is 0. The number of aliphatic hydroxyl groups is 9. The van der Waals surface area contributed by atoms with Gasteiger partial charge >= 0.3 is 0 Å². The number of rotatable bonds is 8. The van der Waals surface area contributed by atoms with E-state index in [0.29, 0.717) is 0 Å². The van der Waals surface area contributed by atoms with Gasteiger partial charge in [-0.15, -0.1) is 0 Å². The van der Waals surface area contributed by atoms with Crippen molar-refractivity contribution in [2.75, 3.05) is 19.8 Å². The lowest BCUT2D eigenvalue weighted by molar-refractivity contribution is -0.306. The second kappa shape index (κ2) is 9.15. The van der Waals surface area contributed by atoms with E-state index in [0.717, 1.165) is 0 Å². The van der Waals surface area contributed by atoms with Crippen molar-refractivity contribution in [1.82, 2.24) is 0 Å². The van der Waals surface area contributed by atoms with Crippen LogP contribution in [0.2, 0.25) is 0 Å². The second-order valence-corrected chi connectivity index (χ2v) is 5.33. The summed E-state index contributed by atoms with van der Waals surface area (Å²) in [6.07, 6.45) is -14.7. The lowest BCUT2D eigenvalue weighted by atomic mass is 9.99. The molecule has 1 fully saturated rings. The predicted octanol–water partition coefficient (Wildman–Crippen LogP) is -5.76. The van der Waals surface area contributed by atoms with E-state index >= 15 is 0 Å². The molecule has 0 bridgehead atoms. The quantitative estimate of drug-likeness (QED) is 0.203. The van der Waals surface area contributed by atoms with Crippen LogP contribution in [-0.4, -0.2) is 121 Å². The molecule has 138 valence electrons. The average Bonchev–Trinajstić information content (AvgIpc) is 2.56. The molecule has 0 aromatic heterocycles. The molecule has 1 heterocycles. The summed E-state index contributed by atoms with van der Waals surface area (Å²) < 4.78 is 9.99. The first kappa shape index (κ1) is 20.6.